The van der Waals surface area contributed by atoms with Crippen molar-refractivity contribution in [3.63, 3.8) is 0 Å². The van der Waals surface area contributed by atoms with Crippen LogP contribution < -0.4 is 15.1 Å². The first-order valence-corrected chi connectivity index (χ1v) is 14.3. The monoisotopic (exact) mass is 517 g/mol. The van der Waals surface area contributed by atoms with Crippen molar-refractivity contribution in [2.45, 2.75) is 50.2 Å². The second-order valence-electron chi connectivity index (χ2n) is 8.69. The van der Waals surface area contributed by atoms with Crippen molar-refractivity contribution in [1.82, 2.24) is 20.2 Å². The summed E-state index contributed by atoms with van der Waals surface area (Å²) in [5.74, 6) is 0.835. The van der Waals surface area contributed by atoms with Gasteiger partial charge in [-0.2, -0.15) is 0 Å². The molecule has 0 radical (unpaired) electrons. The number of fused-ring (bicyclic) bond motifs is 1. The number of nitrogens with zero attached hydrogens (tertiary/aromatic N) is 3. The van der Waals surface area contributed by atoms with Crippen molar-refractivity contribution in [1.29, 1.82) is 0 Å². The van der Waals surface area contributed by atoms with Gasteiger partial charge in [0.2, 0.25) is 0 Å². The van der Waals surface area contributed by atoms with E-state index < -0.39 is 15.8 Å². The van der Waals surface area contributed by atoms with Crippen molar-refractivity contribution < 1.29 is 4.79 Å². The summed E-state index contributed by atoms with van der Waals surface area (Å²) in [6, 6.07) is 6.60. The first-order chi connectivity index (χ1) is 15.6. The van der Waals surface area contributed by atoms with E-state index >= 15 is 0 Å². The van der Waals surface area contributed by atoms with Crippen LogP contribution >= 0.6 is 11.6 Å². The Hall–Kier alpha value is -1.62. The SMILES string of the molecule is CCN1CCc2ccc(Nc3ncc(Cl)c([AsH][C@@H]4CCCC[C@@H]4C(=O)NC)n3)cc2CC1. The average Bonchev–Trinajstić information content (AvgIpc) is 3.03. The van der Waals surface area contributed by atoms with E-state index in [2.05, 4.69) is 45.6 Å². The number of rotatable bonds is 6. The molecule has 8 heteroatoms. The Bertz CT molecular complexity index is 956. The van der Waals surface area contributed by atoms with Gasteiger partial charge in [0.25, 0.3) is 0 Å². The minimum atomic E-state index is -0.661. The molecular weight excluding hydrogens is 485 g/mol. The number of anilines is 2. The Morgan fingerprint density at radius 2 is 2.00 bits per heavy atom. The first kappa shape index (κ1) is 23.5. The summed E-state index contributed by atoms with van der Waals surface area (Å²) in [6.07, 6.45) is 8.23. The summed E-state index contributed by atoms with van der Waals surface area (Å²) in [5.41, 5.74) is 3.86. The Balaban J connectivity index is 1.48. The van der Waals surface area contributed by atoms with E-state index in [-0.39, 0.29) is 11.8 Å². The first-order valence-electron chi connectivity index (χ1n) is 11.7. The quantitative estimate of drug-likeness (QED) is 0.576. The van der Waals surface area contributed by atoms with E-state index in [0.29, 0.717) is 15.7 Å². The molecule has 1 fully saturated rings. The number of hydrogen-bond donors (Lipinski definition) is 2. The molecule has 3 atom stereocenters. The van der Waals surface area contributed by atoms with Crippen LogP contribution in [0.5, 0.6) is 0 Å². The van der Waals surface area contributed by atoms with Gasteiger partial charge in [0, 0.05) is 0 Å². The van der Waals surface area contributed by atoms with E-state index in [0.717, 1.165) is 61.9 Å². The Morgan fingerprint density at radius 3 is 2.78 bits per heavy atom. The van der Waals surface area contributed by atoms with Gasteiger partial charge in [-0.25, -0.2) is 0 Å². The van der Waals surface area contributed by atoms with Crippen molar-refractivity contribution in [3.8, 4) is 0 Å². The molecule has 0 saturated heterocycles. The van der Waals surface area contributed by atoms with Crippen LogP contribution in [0.2, 0.25) is 9.73 Å². The number of amides is 1. The van der Waals surface area contributed by atoms with Gasteiger partial charge in [0.15, 0.2) is 0 Å². The van der Waals surface area contributed by atoms with Crippen LogP contribution in [0.3, 0.4) is 0 Å². The second-order valence-corrected chi connectivity index (χ2v) is 12.3. The van der Waals surface area contributed by atoms with E-state index in [1.165, 1.54) is 17.5 Å². The van der Waals surface area contributed by atoms with E-state index in [1.807, 2.05) is 0 Å². The Morgan fingerprint density at radius 1 is 1.22 bits per heavy atom. The van der Waals surface area contributed by atoms with Gasteiger partial charge in [-0.1, -0.05) is 0 Å². The van der Waals surface area contributed by atoms with Crippen LogP contribution in [0.25, 0.3) is 0 Å². The molecular formula is C24H33AsClN5O. The van der Waals surface area contributed by atoms with Gasteiger partial charge in [0.1, 0.15) is 0 Å². The number of carbonyl (C=O) groups excluding carboxylic acids is 1. The third-order valence-electron chi connectivity index (χ3n) is 6.72. The molecule has 32 heavy (non-hydrogen) atoms. The molecule has 172 valence electrons. The predicted molar refractivity (Wildman–Crippen MR) is 133 cm³/mol. The van der Waals surface area contributed by atoms with Crippen LogP contribution in [-0.2, 0) is 17.6 Å². The van der Waals surface area contributed by atoms with Crippen LogP contribution in [0.1, 0.15) is 43.7 Å². The molecule has 1 aliphatic carbocycles. The molecule has 4 rings (SSSR count). The van der Waals surface area contributed by atoms with E-state index in [4.69, 9.17) is 16.6 Å². The summed E-state index contributed by atoms with van der Waals surface area (Å²) in [4.78, 5) is 24.1. The maximum atomic E-state index is 12.4. The van der Waals surface area contributed by atoms with Gasteiger partial charge in [-0.15, -0.1) is 0 Å². The van der Waals surface area contributed by atoms with Crippen molar-refractivity contribution >= 4 is 49.4 Å². The normalized spacial score (nSPS) is 21.8. The number of halogens is 1. The molecule has 2 aromatic rings. The predicted octanol–water partition coefficient (Wildman–Crippen LogP) is 3.08. The Kier molecular flexibility index (Phi) is 8.09. The zero-order valence-corrected chi connectivity index (χ0v) is 21.8. The molecule has 0 spiro atoms. The molecule has 1 aliphatic heterocycles. The van der Waals surface area contributed by atoms with Crippen LogP contribution in [-0.4, -0.2) is 63.2 Å². The second kappa shape index (κ2) is 11.0. The number of nitrogens with one attached hydrogen (secondary N) is 2. The summed E-state index contributed by atoms with van der Waals surface area (Å²) < 4.78 is 1.33. The molecule has 2 N–H and O–H groups in total. The Labute approximate surface area is 202 Å². The van der Waals surface area contributed by atoms with Crippen LogP contribution in [0.15, 0.2) is 24.4 Å². The average molecular weight is 518 g/mol. The molecule has 2 heterocycles. The minimum absolute atomic E-state index is 0.0865. The van der Waals surface area contributed by atoms with Crippen LogP contribution in [0, 0.1) is 5.92 Å². The third-order valence-corrected chi connectivity index (χ3v) is 10.9. The number of likely N-dealkylation sites (N-methyl/N-ethyl adjacent to an activating group) is 1. The summed E-state index contributed by atoms with van der Waals surface area (Å²) >= 11 is 5.83. The molecule has 1 unspecified atom stereocenters. The van der Waals surface area contributed by atoms with E-state index in [9.17, 15) is 4.79 Å². The molecule has 0 bridgehead atoms. The zero-order chi connectivity index (χ0) is 22.5. The summed E-state index contributed by atoms with van der Waals surface area (Å²) in [7, 11) is 1.73. The molecule has 1 aromatic heterocycles. The van der Waals surface area contributed by atoms with Crippen molar-refractivity contribution in [2.75, 3.05) is 32.0 Å². The standard InChI is InChI=1S/C24H33AsClN5O/c1-3-31-12-10-16-8-9-18(14-17(16)11-13-31)29-24-28-15-21(26)22(30-24)25-20-7-5-4-6-19(20)23(32)27-2/h8-9,14-15,19-20,25H,3-7,10-13H2,1-2H3,(H,27,32)(H,28,29,30)/t19-,20+/m0/s1. The molecule has 6 nitrogen and oxygen atoms in total. The molecule has 1 aromatic carbocycles. The van der Waals surface area contributed by atoms with E-state index in [1.54, 1.807) is 13.2 Å². The fourth-order valence-corrected chi connectivity index (χ4v) is 8.52. The zero-order valence-electron chi connectivity index (χ0n) is 19.0. The summed E-state index contributed by atoms with van der Waals surface area (Å²) in [5, 5.41) is 6.86. The number of aromatic nitrogens is 2. The number of benzene rings is 1. The fourth-order valence-electron chi connectivity index (χ4n) is 4.80. The van der Waals surface area contributed by atoms with Crippen molar-refractivity contribution in [3.05, 3.63) is 40.5 Å². The van der Waals surface area contributed by atoms with Gasteiger partial charge in [-0.3, -0.25) is 0 Å². The van der Waals surface area contributed by atoms with Gasteiger partial charge < -0.3 is 0 Å². The third kappa shape index (κ3) is 5.65. The van der Waals surface area contributed by atoms with Gasteiger partial charge in [0.05, 0.1) is 0 Å². The number of carbonyl (C=O) groups is 1. The van der Waals surface area contributed by atoms with Crippen LogP contribution in [0.4, 0.5) is 11.6 Å². The molecule has 1 amide bonds. The van der Waals surface area contributed by atoms with Gasteiger partial charge in [-0.05, 0) is 0 Å². The van der Waals surface area contributed by atoms with Crippen molar-refractivity contribution in [2.24, 2.45) is 5.92 Å². The maximum absolute atomic E-state index is 12.4. The van der Waals surface area contributed by atoms with Gasteiger partial charge >= 0.3 is 203 Å². The topological polar surface area (TPSA) is 70.2 Å². The fraction of sp³-hybridized carbons (Fsp3) is 0.542. The number of hydrogen-bond acceptors (Lipinski definition) is 5. The molecule has 1 saturated carbocycles. The molecule has 2 aliphatic rings. The summed E-state index contributed by atoms with van der Waals surface area (Å²) in [6.45, 7) is 5.56.